The maximum absolute atomic E-state index is 13.2. The number of sulfonamides is 1. The van der Waals surface area contributed by atoms with Crippen molar-refractivity contribution in [2.75, 3.05) is 23.6 Å². The predicted octanol–water partition coefficient (Wildman–Crippen LogP) is 2.27. The first kappa shape index (κ1) is 15.9. The Balaban J connectivity index is 2.49. The zero-order chi connectivity index (χ0) is 14.3. The first-order chi connectivity index (χ1) is 8.93. The lowest BCUT2D eigenvalue weighted by Gasteiger charge is -2.09. The number of benzene rings is 1. The molecule has 0 heterocycles. The van der Waals surface area contributed by atoms with E-state index in [-0.39, 0.29) is 11.4 Å². The van der Waals surface area contributed by atoms with Gasteiger partial charge in [0.1, 0.15) is 5.82 Å². The largest absolute Gasteiger partial charge is 0.317 e. The molecule has 0 unspecified atom stereocenters. The monoisotopic (exact) mass is 288 g/mol. The fraction of sp³-hybridized carbons (Fsp3) is 0.538. The molecule has 108 valence electrons. The zero-order valence-corrected chi connectivity index (χ0v) is 12.2. The van der Waals surface area contributed by atoms with Gasteiger partial charge in [-0.3, -0.25) is 4.72 Å². The number of anilines is 1. The standard InChI is InChI=1S/C13H21FN2O2S/c1-3-15-6-4-5-7-19(17,18)16-13-9-11(2)8-12(14)10-13/h8-10,15-16H,3-7H2,1-2H3. The Morgan fingerprint density at radius 1 is 1.21 bits per heavy atom. The number of nitrogens with one attached hydrogen (secondary N) is 2. The van der Waals surface area contributed by atoms with Crippen LogP contribution in [0.25, 0.3) is 0 Å². The van der Waals surface area contributed by atoms with Crippen LogP contribution in [-0.4, -0.2) is 27.3 Å². The van der Waals surface area contributed by atoms with Crippen molar-refractivity contribution in [2.45, 2.75) is 26.7 Å². The van der Waals surface area contributed by atoms with Gasteiger partial charge in [0.25, 0.3) is 0 Å². The first-order valence-corrected chi connectivity index (χ1v) is 8.06. The summed E-state index contributed by atoms with van der Waals surface area (Å²) in [5.74, 6) is -0.390. The molecule has 0 aliphatic rings. The van der Waals surface area contributed by atoms with Gasteiger partial charge in [0.15, 0.2) is 0 Å². The van der Waals surface area contributed by atoms with Gasteiger partial charge in [0.2, 0.25) is 10.0 Å². The molecule has 0 bridgehead atoms. The molecule has 0 aliphatic heterocycles. The van der Waals surface area contributed by atoms with E-state index in [0.717, 1.165) is 19.5 Å². The lowest BCUT2D eigenvalue weighted by atomic mass is 10.2. The Labute approximate surface area is 114 Å². The van der Waals surface area contributed by atoms with Gasteiger partial charge < -0.3 is 5.32 Å². The summed E-state index contributed by atoms with van der Waals surface area (Å²) in [6.45, 7) is 5.42. The van der Waals surface area contributed by atoms with E-state index in [1.807, 2.05) is 6.92 Å². The molecule has 0 aromatic heterocycles. The second-order valence-corrected chi connectivity index (χ2v) is 6.34. The van der Waals surface area contributed by atoms with Gasteiger partial charge >= 0.3 is 0 Å². The summed E-state index contributed by atoms with van der Waals surface area (Å²) >= 11 is 0. The molecule has 0 amide bonds. The molecule has 0 saturated carbocycles. The van der Waals surface area contributed by atoms with E-state index in [1.165, 1.54) is 12.1 Å². The van der Waals surface area contributed by atoms with E-state index in [4.69, 9.17) is 0 Å². The van der Waals surface area contributed by atoms with Gasteiger partial charge in [-0.2, -0.15) is 0 Å². The van der Waals surface area contributed by atoms with Crippen molar-refractivity contribution in [1.29, 1.82) is 0 Å². The summed E-state index contributed by atoms with van der Waals surface area (Å²) < 4.78 is 39.2. The maximum Gasteiger partial charge on any atom is 0.232 e. The van der Waals surface area contributed by atoms with Crippen LogP contribution in [0.3, 0.4) is 0 Å². The average molecular weight is 288 g/mol. The molecule has 4 nitrogen and oxygen atoms in total. The minimum Gasteiger partial charge on any atom is -0.317 e. The van der Waals surface area contributed by atoms with E-state index in [9.17, 15) is 12.8 Å². The minimum atomic E-state index is -3.40. The van der Waals surface area contributed by atoms with Gasteiger partial charge in [0, 0.05) is 0 Å². The maximum atomic E-state index is 13.2. The highest BCUT2D eigenvalue weighted by molar-refractivity contribution is 7.92. The van der Waals surface area contributed by atoms with Crippen LogP contribution in [0.4, 0.5) is 10.1 Å². The Bertz CT molecular complexity index is 483. The third kappa shape index (κ3) is 6.54. The lowest BCUT2D eigenvalue weighted by Crippen LogP contribution is -2.19. The summed E-state index contributed by atoms with van der Waals surface area (Å²) in [5.41, 5.74) is 0.967. The van der Waals surface area contributed by atoms with Gasteiger partial charge in [-0.1, -0.05) is 6.92 Å². The number of hydrogen-bond donors (Lipinski definition) is 2. The van der Waals surface area contributed by atoms with E-state index >= 15 is 0 Å². The number of rotatable bonds is 8. The topological polar surface area (TPSA) is 58.2 Å². The van der Waals surface area contributed by atoms with Crippen molar-refractivity contribution in [3.8, 4) is 0 Å². The third-order valence-corrected chi connectivity index (χ3v) is 3.95. The zero-order valence-electron chi connectivity index (χ0n) is 11.4. The highest BCUT2D eigenvalue weighted by atomic mass is 32.2. The van der Waals surface area contributed by atoms with Gasteiger partial charge in [-0.25, -0.2) is 12.8 Å². The van der Waals surface area contributed by atoms with E-state index in [1.54, 1.807) is 13.0 Å². The van der Waals surface area contributed by atoms with Gasteiger partial charge in [-0.05, 0) is 56.6 Å². The van der Waals surface area contributed by atoms with Crippen LogP contribution in [0.1, 0.15) is 25.3 Å². The molecule has 0 atom stereocenters. The van der Waals surface area contributed by atoms with Crippen LogP contribution in [0.5, 0.6) is 0 Å². The molecule has 1 aromatic rings. The van der Waals surface area contributed by atoms with E-state index < -0.39 is 15.8 Å². The Hall–Kier alpha value is -1.14. The minimum absolute atomic E-state index is 0.0496. The molecule has 2 N–H and O–H groups in total. The summed E-state index contributed by atoms with van der Waals surface area (Å²) in [7, 11) is -3.40. The lowest BCUT2D eigenvalue weighted by molar-refractivity contribution is 0.593. The van der Waals surface area contributed by atoms with Crippen LogP contribution >= 0.6 is 0 Å². The van der Waals surface area contributed by atoms with Gasteiger partial charge in [-0.15, -0.1) is 0 Å². The molecule has 6 heteroatoms. The second-order valence-electron chi connectivity index (χ2n) is 4.50. The second kappa shape index (κ2) is 7.45. The van der Waals surface area contributed by atoms with Crippen molar-refractivity contribution < 1.29 is 12.8 Å². The average Bonchev–Trinajstić information content (AvgIpc) is 2.26. The molecule has 0 fully saturated rings. The molecule has 0 radical (unpaired) electrons. The fourth-order valence-corrected chi connectivity index (χ4v) is 2.91. The van der Waals surface area contributed by atoms with Crippen LogP contribution in [0.2, 0.25) is 0 Å². The molecule has 0 spiro atoms. The Kier molecular flexibility index (Phi) is 6.24. The SMILES string of the molecule is CCNCCCCS(=O)(=O)Nc1cc(C)cc(F)c1. The molecule has 1 aromatic carbocycles. The highest BCUT2D eigenvalue weighted by Gasteiger charge is 2.10. The summed E-state index contributed by atoms with van der Waals surface area (Å²) in [4.78, 5) is 0. The molecular weight excluding hydrogens is 267 g/mol. The Morgan fingerprint density at radius 2 is 1.95 bits per heavy atom. The molecule has 1 rings (SSSR count). The van der Waals surface area contributed by atoms with Crippen molar-refractivity contribution in [1.82, 2.24) is 5.32 Å². The van der Waals surface area contributed by atoms with Crippen LogP contribution in [0, 0.1) is 12.7 Å². The smallest absolute Gasteiger partial charge is 0.232 e. The van der Waals surface area contributed by atoms with Crippen molar-refractivity contribution >= 4 is 15.7 Å². The molecule has 0 saturated heterocycles. The quantitative estimate of drug-likeness (QED) is 0.721. The summed E-state index contributed by atoms with van der Waals surface area (Å²) in [5, 5.41) is 3.13. The highest BCUT2D eigenvalue weighted by Crippen LogP contribution is 2.15. The first-order valence-electron chi connectivity index (χ1n) is 6.41. The normalized spacial score (nSPS) is 11.5. The number of unbranched alkanes of at least 4 members (excludes halogenated alkanes) is 1. The van der Waals surface area contributed by atoms with Crippen LogP contribution < -0.4 is 10.0 Å². The van der Waals surface area contributed by atoms with Crippen molar-refractivity contribution in [3.05, 3.63) is 29.6 Å². The number of halogens is 1. The van der Waals surface area contributed by atoms with E-state index in [0.29, 0.717) is 12.0 Å². The number of aryl methyl sites for hydroxylation is 1. The predicted molar refractivity (Wildman–Crippen MR) is 76.3 cm³/mol. The van der Waals surface area contributed by atoms with Crippen LogP contribution in [0.15, 0.2) is 18.2 Å². The van der Waals surface area contributed by atoms with Gasteiger partial charge in [0.05, 0.1) is 11.4 Å². The third-order valence-electron chi connectivity index (χ3n) is 2.58. The van der Waals surface area contributed by atoms with Crippen molar-refractivity contribution in [2.24, 2.45) is 0 Å². The summed E-state index contributed by atoms with van der Waals surface area (Å²) in [6.07, 6.45) is 1.38. The van der Waals surface area contributed by atoms with Crippen molar-refractivity contribution in [3.63, 3.8) is 0 Å². The summed E-state index contributed by atoms with van der Waals surface area (Å²) in [6, 6.07) is 4.15. The fourth-order valence-electron chi connectivity index (χ4n) is 1.74. The van der Waals surface area contributed by atoms with E-state index in [2.05, 4.69) is 10.0 Å². The number of hydrogen-bond acceptors (Lipinski definition) is 3. The Morgan fingerprint density at radius 3 is 2.58 bits per heavy atom. The van der Waals surface area contributed by atoms with Crippen LogP contribution in [-0.2, 0) is 10.0 Å². The molecular formula is C13H21FN2O2S. The molecule has 0 aliphatic carbocycles. The molecule has 19 heavy (non-hydrogen) atoms.